The second kappa shape index (κ2) is 3.14. The molecule has 57 valence electrons. The summed E-state index contributed by atoms with van der Waals surface area (Å²) >= 11 is 0. The molecular weight excluding hydrogens is 140 g/mol. The van der Waals surface area contributed by atoms with Gasteiger partial charge in [0.05, 0.1) is 11.9 Å². The Balaban J connectivity index is 2.90. The number of ketones is 1. The van der Waals surface area contributed by atoms with E-state index < -0.39 is 0 Å². The molecule has 0 fully saturated rings. The molecule has 1 radical (unpaired) electrons. The number of pyridine rings is 1. The maximum atomic E-state index is 11.0. The van der Waals surface area contributed by atoms with Crippen molar-refractivity contribution in [2.75, 3.05) is 0 Å². The highest BCUT2D eigenvalue weighted by Gasteiger charge is 2.02. The lowest BCUT2D eigenvalue weighted by Crippen LogP contribution is -1.98. The highest BCUT2D eigenvalue weighted by atomic mass is 16.1. The Hall–Kier alpha value is -1.38. The topological polar surface area (TPSA) is 53.8 Å². The molecular formula is C8H9N2O. The van der Waals surface area contributed by atoms with Crippen LogP contribution < -0.4 is 5.73 Å². The highest BCUT2D eigenvalue weighted by Crippen LogP contribution is 2.04. The van der Waals surface area contributed by atoms with Gasteiger partial charge in [0.2, 0.25) is 0 Å². The molecule has 0 aliphatic carbocycles. The Morgan fingerprint density at radius 3 is 2.82 bits per heavy atom. The van der Waals surface area contributed by atoms with Crippen LogP contribution in [-0.4, -0.2) is 10.8 Å². The third kappa shape index (κ3) is 1.77. The number of aromatic nitrogens is 1. The fourth-order valence-electron chi connectivity index (χ4n) is 0.740. The molecule has 0 aromatic carbocycles. The van der Waals surface area contributed by atoms with Gasteiger partial charge in [-0.25, -0.2) is 0 Å². The van der Waals surface area contributed by atoms with Crippen LogP contribution in [0.25, 0.3) is 0 Å². The highest BCUT2D eigenvalue weighted by molar-refractivity contribution is 5.94. The Labute approximate surface area is 65.2 Å². The Kier molecular flexibility index (Phi) is 2.21. The summed E-state index contributed by atoms with van der Waals surface area (Å²) < 4.78 is 0. The van der Waals surface area contributed by atoms with E-state index in [9.17, 15) is 4.79 Å². The van der Waals surface area contributed by atoms with Crippen LogP contribution in [0.3, 0.4) is 0 Å². The summed E-state index contributed by atoms with van der Waals surface area (Å²) in [5, 5.41) is 0. The molecule has 1 aromatic heterocycles. The molecule has 1 N–H and O–H groups in total. The van der Waals surface area contributed by atoms with Crippen molar-refractivity contribution in [3.05, 3.63) is 24.0 Å². The van der Waals surface area contributed by atoms with Gasteiger partial charge in [0, 0.05) is 6.42 Å². The first-order chi connectivity index (χ1) is 5.24. The Morgan fingerprint density at radius 1 is 1.64 bits per heavy atom. The molecule has 1 aromatic rings. The van der Waals surface area contributed by atoms with Crippen LogP contribution in [0.15, 0.2) is 18.3 Å². The van der Waals surface area contributed by atoms with E-state index in [2.05, 4.69) is 4.98 Å². The van der Waals surface area contributed by atoms with E-state index in [4.69, 9.17) is 5.73 Å². The summed E-state index contributed by atoms with van der Waals surface area (Å²) in [5.41, 5.74) is 7.89. The number of hydrogen-bond acceptors (Lipinski definition) is 2. The quantitative estimate of drug-likeness (QED) is 0.599. The average Bonchev–Trinajstić information content (AvgIpc) is 2.05. The van der Waals surface area contributed by atoms with Gasteiger partial charge in [-0.05, 0) is 12.1 Å². The minimum absolute atomic E-state index is 0.0185. The lowest BCUT2D eigenvalue weighted by Gasteiger charge is -1.95. The molecule has 0 atom stereocenters. The number of nitrogens with zero attached hydrogens (tertiary/aromatic N) is 1. The second-order valence-electron chi connectivity index (χ2n) is 2.21. The SMILES string of the molecule is CCC(=O)c1ccc([NH])cn1. The van der Waals surface area contributed by atoms with Gasteiger partial charge in [-0.1, -0.05) is 6.92 Å². The van der Waals surface area contributed by atoms with Crippen LogP contribution in [0.5, 0.6) is 0 Å². The minimum atomic E-state index is 0.0185. The molecule has 11 heavy (non-hydrogen) atoms. The summed E-state index contributed by atoms with van der Waals surface area (Å²) in [6.45, 7) is 1.79. The second-order valence-corrected chi connectivity index (χ2v) is 2.21. The summed E-state index contributed by atoms with van der Waals surface area (Å²) in [6.07, 6.45) is 1.84. The molecule has 0 aliphatic rings. The zero-order chi connectivity index (χ0) is 8.27. The number of carbonyl (C=O) groups excluding carboxylic acids is 1. The van der Waals surface area contributed by atoms with Crippen molar-refractivity contribution in [2.45, 2.75) is 13.3 Å². The van der Waals surface area contributed by atoms with Gasteiger partial charge in [0.1, 0.15) is 5.69 Å². The van der Waals surface area contributed by atoms with E-state index in [1.807, 2.05) is 0 Å². The Morgan fingerprint density at radius 2 is 2.36 bits per heavy atom. The first-order valence-electron chi connectivity index (χ1n) is 3.45. The molecule has 3 nitrogen and oxygen atoms in total. The minimum Gasteiger partial charge on any atom is -0.299 e. The van der Waals surface area contributed by atoms with Crippen molar-refractivity contribution in [1.82, 2.24) is 10.7 Å². The third-order valence-electron chi connectivity index (χ3n) is 1.37. The van der Waals surface area contributed by atoms with Crippen molar-refractivity contribution < 1.29 is 4.79 Å². The van der Waals surface area contributed by atoms with Crippen molar-refractivity contribution in [3.63, 3.8) is 0 Å². The summed E-state index contributed by atoms with van der Waals surface area (Å²) in [4.78, 5) is 14.8. The van der Waals surface area contributed by atoms with Crippen LogP contribution in [0.2, 0.25) is 0 Å². The van der Waals surface area contributed by atoms with Crippen LogP contribution in [0.4, 0.5) is 5.69 Å². The average molecular weight is 149 g/mol. The first-order valence-corrected chi connectivity index (χ1v) is 3.45. The van der Waals surface area contributed by atoms with E-state index in [0.29, 0.717) is 17.8 Å². The molecule has 0 bridgehead atoms. The molecule has 3 heteroatoms. The maximum absolute atomic E-state index is 11.0. The van der Waals surface area contributed by atoms with E-state index in [-0.39, 0.29) is 5.78 Å². The van der Waals surface area contributed by atoms with E-state index in [1.54, 1.807) is 19.1 Å². The fraction of sp³-hybridized carbons (Fsp3) is 0.250. The smallest absolute Gasteiger partial charge is 0.180 e. The monoisotopic (exact) mass is 149 g/mol. The zero-order valence-electron chi connectivity index (χ0n) is 6.29. The molecule has 1 rings (SSSR count). The predicted molar refractivity (Wildman–Crippen MR) is 41.6 cm³/mol. The lowest BCUT2D eigenvalue weighted by atomic mass is 10.2. The first kappa shape index (κ1) is 7.72. The third-order valence-corrected chi connectivity index (χ3v) is 1.37. The van der Waals surface area contributed by atoms with E-state index in [1.165, 1.54) is 6.20 Å². The number of hydrogen-bond donors (Lipinski definition) is 0. The molecule has 0 amide bonds. The molecule has 0 aliphatic heterocycles. The summed E-state index contributed by atoms with van der Waals surface area (Å²) in [5.74, 6) is 0.0185. The normalized spacial score (nSPS) is 9.55. The molecule has 0 spiro atoms. The number of nitrogens with one attached hydrogen (secondary N) is 1. The Bertz CT molecular complexity index is 253. The van der Waals surface area contributed by atoms with Crippen LogP contribution in [0, 0.1) is 0 Å². The number of Topliss-reactive ketones (excluding diaryl/α,β-unsaturated/α-hetero) is 1. The van der Waals surface area contributed by atoms with Gasteiger partial charge in [-0.15, -0.1) is 0 Å². The number of rotatable bonds is 2. The van der Waals surface area contributed by atoms with E-state index >= 15 is 0 Å². The van der Waals surface area contributed by atoms with E-state index in [0.717, 1.165) is 0 Å². The van der Waals surface area contributed by atoms with Gasteiger partial charge in [-0.3, -0.25) is 15.5 Å². The van der Waals surface area contributed by atoms with Gasteiger partial charge >= 0.3 is 0 Å². The van der Waals surface area contributed by atoms with Crippen LogP contribution in [-0.2, 0) is 0 Å². The van der Waals surface area contributed by atoms with Crippen molar-refractivity contribution in [3.8, 4) is 0 Å². The molecule has 1 heterocycles. The van der Waals surface area contributed by atoms with Crippen molar-refractivity contribution in [1.29, 1.82) is 0 Å². The predicted octanol–water partition coefficient (Wildman–Crippen LogP) is 1.59. The van der Waals surface area contributed by atoms with Crippen molar-refractivity contribution in [2.24, 2.45) is 0 Å². The van der Waals surface area contributed by atoms with Crippen LogP contribution >= 0.6 is 0 Å². The standard InChI is InChI=1S/C8H9N2O/c1-2-8(11)7-4-3-6(9)5-10-7/h3-5,9H,2H2,1H3. The number of carbonyl (C=O) groups is 1. The van der Waals surface area contributed by atoms with Crippen LogP contribution in [0.1, 0.15) is 23.8 Å². The van der Waals surface area contributed by atoms with Crippen molar-refractivity contribution >= 4 is 11.5 Å². The molecule has 0 saturated heterocycles. The van der Waals surface area contributed by atoms with Gasteiger partial charge in [0.15, 0.2) is 5.78 Å². The molecule has 0 unspecified atom stereocenters. The van der Waals surface area contributed by atoms with Gasteiger partial charge < -0.3 is 0 Å². The summed E-state index contributed by atoms with van der Waals surface area (Å²) in [6, 6.07) is 3.14. The van der Waals surface area contributed by atoms with Gasteiger partial charge in [-0.2, -0.15) is 0 Å². The maximum Gasteiger partial charge on any atom is 0.180 e. The largest absolute Gasteiger partial charge is 0.299 e. The summed E-state index contributed by atoms with van der Waals surface area (Å²) in [7, 11) is 0. The molecule has 0 saturated carbocycles. The lowest BCUT2D eigenvalue weighted by molar-refractivity contribution is 0.0983. The fourth-order valence-corrected chi connectivity index (χ4v) is 0.740. The zero-order valence-corrected chi connectivity index (χ0v) is 6.29. The van der Waals surface area contributed by atoms with Gasteiger partial charge in [0.25, 0.3) is 0 Å².